The molecule has 0 aliphatic carbocycles. The zero-order chi connectivity index (χ0) is 15.2. The summed E-state index contributed by atoms with van der Waals surface area (Å²) in [6.07, 6.45) is 0. The van der Waals surface area contributed by atoms with Crippen LogP contribution in [0, 0.1) is 13.8 Å². The van der Waals surface area contributed by atoms with Gasteiger partial charge in [0.15, 0.2) is 0 Å². The van der Waals surface area contributed by atoms with Gasteiger partial charge in [-0.15, -0.1) is 0 Å². The second kappa shape index (κ2) is 7.39. The Hall–Kier alpha value is -1.64. The number of hydrogen-bond acceptors (Lipinski definition) is 2. The molecule has 0 bridgehead atoms. The first kappa shape index (κ1) is 15.7. The smallest absolute Gasteiger partial charge is 0.0713 e. The zero-order valence-electron chi connectivity index (χ0n) is 13.4. The van der Waals surface area contributed by atoms with Gasteiger partial charge in [-0.1, -0.05) is 48.0 Å². The van der Waals surface area contributed by atoms with E-state index in [1.165, 1.54) is 27.8 Å². The van der Waals surface area contributed by atoms with Crippen molar-refractivity contribution in [2.45, 2.75) is 40.0 Å². The molecule has 0 fully saturated rings. The molecule has 2 nitrogen and oxygen atoms in total. The first-order valence-corrected chi connectivity index (χ1v) is 7.47. The van der Waals surface area contributed by atoms with Crippen molar-refractivity contribution in [3.63, 3.8) is 0 Å². The standard InChI is InChI=1S/C19H25NO/c1-14-8-9-15(2)19(10-14)16(3)20-12-17-6-5-7-18(11-17)13-21-4/h5-11,16,20H,12-13H2,1-4H3. The molecule has 0 aliphatic rings. The molecule has 0 saturated heterocycles. The summed E-state index contributed by atoms with van der Waals surface area (Å²) in [5.41, 5.74) is 6.54. The van der Waals surface area contributed by atoms with Crippen LogP contribution in [0.2, 0.25) is 0 Å². The zero-order valence-corrected chi connectivity index (χ0v) is 13.4. The van der Waals surface area contributed by atoms with E-state index in [0.29, 0.717) is 12.6 Å². The Balaban J connectivity index is 2.02. The molecule has 1 atom stereocenters. The van der Waals surface area contributed by atoms with Gasteiger partial charge in [0.25, 0.3) is 0 Å². The highest BCUT2D eigenvalue weighted by Gasteiger charge is 2.08. The summed E-state index contributed by atoms with van der Waals surface area (Å²) < 4.78 is 5.19. The Bertz CT molecular complexity index is 592. The summed E-state index contributed by atoms with van der Waals surface area (Å²) >= 11 is 0. The minimum Gasteiger partial charge on any atom is -0.380 e. The van der Waals surface area contributed by atoms with Gasteiger partial charge in [0.2, 0.25) is 0 Å². The van der Waals surface area contributed by atoms with E-state index in [2.05, 4.69) is 68.6 Å². The van der Waals surface area contributed by atoms with Gasteiger partial charge in [-0.2, -0.15) is 0 Å². The third kappa shape index (κ3) is 4.42. The second-order valence-electron chi connectivity index (χ2n) is 5.72. The van der Waals surface area contributed by atoms with Crippen LogP contribution >= 0.6 is 0 Å². The van der Waals surface area contributed by atoms with Crippen molar-refractivity contribution in [2.24, 2.45) is 0 Å². The first-order chi connectivity index (χ1) is 10.1. The van der Waals surface area contributed by atoms with Gasteiger partial charge in [0.1, 0.15) is 0 Å². The monoisotopic (exact) mass is 283 g/mol. The lowest BCUT2D eigenvalue weighted by Gasteiger charge is -2.17. The number of ether oxygens (including phenoxy) is 1. The maximum Gasteiger partial charge on any atom is 0.0713 e. The van der Waals surface area contributed by atoms with E-state index in [4.69, 9.17) is 4.74 Å². The number of hydrogen-bond donors (Lipinski definition) is 1. The van der Waals surface area contributed by atoms with Crippen LogP contribution in [-0.2, 0) is 17.9 Å². The average Bonchev–Trinajstić information content (AvgIpc) is 2.48. The maximum absolute atomic E-state index is 5.19. The number of methoxy groups -OCH3 is 1. The molecule has 21 heavy (non-hydrogen) atoms. The SMILES string of the molecule is COCc1cccc(CNC(C)c2cc(C)ccc2C)c1. The van der Waals surface area contributed by atoms with Crippen molar-refractivity contribution in [1.82, 2.24) is 5.32 Å². The topological polar surface area (TPSA) is 21.3 Å². The van der Waals surface area contributed by atoms with E-state index in [9.17, 15) is 0 Å². The average molecular weight is 283 g/mol. The molecule has 0 aliphatic heterocycles. The number of rotatable bonds is 6. The number of benzene rings is 2. The van der Waals surface area contributed by atoms with Crippen molar-refractivity contribution in [1.29, 1.82) is 0 Å². The predicted octanol–water partition coefficient (Wildman–Crippen LogP) is 4.30. The Kier molecular flexibility index (Phi) is 5.54. The summed E-state index contributed by atoms with van der Waals surface area (Å²) in [4.78, 5) is 0. The van der Waals surface area contributed by atoms with E-state index in [0.717, 1.165) is 6.54 Å². The molecule has 0 amide bonds. The highest BCUT2D eigenvalue weighted by molar-refractivity contribution is 5.33. The summed E-state index contributed by atoms with van der Waals surface area (Å²) in [6, 6.07) is 15.5. The Morgan fingerprint density at radius 1 is 1.05 bits per heavy atom. The molecule has 2 aromatic rings. The highest BCUT2D eigenvalue weighted by atomic mass is 16.5. The van der Waals surface area contributed by atoms with Crippen LogP contribution in [0.1, 0.15) is 40.8 Å². The highest BCUT2D eigenvalue weighted by Crippen LogP contribution is 2.19. The van der Waals surface area contributed by atoms with Gasteiger partial charge in [-0.3, -0.25) is 0 Å². The van der Waals surface area contributed by atoms with Crippen LogP contribution in [0.4, 0.5) is 0 Å². The van der Waals surface area contributed by atoms with Gasteiger partial charge in [0.05, 0.1) is 6.61 Å². The van der Waals surface area contributed by atoms with E-state index < -0.39 is 0 Å². The molecule has 0 spiro atoms. The third-order valence-electron chi connectivity index (χ3n) is 3.82. The lowest BCUT2D eigenvalue weighted by atomic mass is 10.00. The Labute approximate surface area is 128 Å². The maximum atomic E-state index is 5.19. The van der Waals surface area contributed by atoms with Crippen molar-refractivity contribution in [2.75, 3.05) is 7.11 Å². The predicted molar refractivity (Wildman–Crippen MR) is 88.3 cm³/mol. The first-order valence-electron chi connectivity index (χ1n) is 7.47. The molecule has 0 saturated carbocycles. The van der Waals surface area contributed by atoms with Crippen LogP contribution in [0.25, 0.3) is 0 Å². The number of aryl methyl sites for hydroxylation is 2. The minimum absolute atomic E-state index is 0.344. The van der Waals surface area contributed by atoms with Crippen LogP contribution in [0.15, 0.2) is 42.5 Å². The van der Waals surface area contributed by atoms with Crippen LogP contribution in [-0.4, -0.2) is 7.11 Å². The van der Waals surface area contributed by atoms with Crippen molar-refractivity contribution >= 4 is 0 Å². The molecule has 2 aromatic carbocycles. The summed E-state index contributed by atoms with van der Waals surface area (Å²) in [7, 11) is 1.73. The summed E-state index contributed by atoms with van der Waals surface area (Å²) in [5, 5.41) is 3.61. The second-order valence-corrected chi connectivity index (χ2v) is 5.72. The molecule has 2 rings (SSSR count). The molecule has 0 heterocycles. The molecule has 0 aromatic heterocycles. The summed E-state index contributed by atoms with van der Waals surface area (Å²) in [5.74, 6) is 0. The Morgan fingerprint density at radius 2 is 1.81 bits per heavy atom. The van der Waals surface area contributed by atoms with Crippen LogP contribution in [0.3, 0.4) is 0 Å². The van der Waals surface area contributed by atoms with E-state index in [1.54, 1.807) is 7.11 Å². The summed E-state index contributed by atoms with van der Waals surface area (Å²) in [6.45, 7) is 8.07. The quantitative estimate of drug-likeness (QED) is 0.853. The van der Waals surface area contributed by atoms with E-state index >= 15 is 0 Å². The fourth-order valence-corrected chi connectivity index (χ4v) is 2.60. The van der Waals surface area contributed by atoms with Crippen molar-refractivity contribution < 1.29 is 4.74 Å². The van der Waals surface area contributed by atoms with Gasteiger partial charge in [0, 0.05) is 19.7 Å². The lowest BCUT2D eigenvalue weighted by molar-refractivity contribution is 0.185. The van der Waals surface area contributed by atoms with Gasteiger partial charge >= 0.3 is 0 Å². The molecule has 2 heteroatoms. The molecule has 0 radical (unpaired) electrons. The molecular weight excluding hydrogens is 258 g/mol. The van der Waals surface area contributed by atoms with Crippen LogP contribution < -0.4 is 5.32 Å². The minimum atomic E-state index is 0.344. The lowest BCUT2D eigenvalue weighted by Crippen LogP contribution is -2.19. The van der Waals surface area contributed by atoms with E-state index in [1.807, 2.05) is 0 Å². The Morgan fingerprint density at radius 3 is 2.57 bits per heavy atom. The largest absolute Gasteiger partial charge is 0.380 e. The van der Waals surface area contributed by atoms with Gasteiger partial charge in [-0.05, 0) is 43.0 Å². The molecular formula is C19H25NO. The van der Waals surface area contributed by atoms with E-state index in [-0.39, 0.29) is 0 Å². The van der Waals surface area contributed by atoms with Gasteiger partial charge < -0.3 is 10.1 Å². The molecule has 1 unspecified atom stereocenters. The fraction of sp³-hybridized carbons (Fsp3) is 0.368. The fourth-order valence-electron chi connectivity index (χ4n) is 2.60. The van der Waals surface area contributed by atoms with Crippen LogP contribution in [0.5, 0.6) is 0 Å². The van der Waals surface area contributed by atoms with Gasteiger partial charge in [-0.25, -0.2) is 0 Å². The number of nitrogens with one attached hydrogen (secondary N) is 1. The normalized spacial score (nSPS) is 12.4. The molecule has 1 N–H and O–H groups in total. The van der Waals surface area contributed by atoms with Crippen molar-refractivity contribution in [3.8, 4) is 0 Å². The third-order valence-corrected chi connectivity index (χ3v) is 3.82. The van der Waals surface area contributed by atoms with Crippen molar-refractivity contribution in [3.05, 3.63) is 70.3 Å². The molecule has 112 valence electrons.